The average Bonchev–Trinajstić information content (AvgIpc) is 1.81. The van der Waals surface area contributed by atoms with Gasteiger partial charge in [0.2, 0.25) is 0 Å². The zero-order valence-electron chi connectivity index (χ0n) is 5.35. The van der Waals surface area contributed by atoms with Crippen molar-refractivity contribution in [2.75, 3.05) is 17.3 Å². The molecule has 49 valence electrons. The third kappa shape index (κ3) is 6.70. The summed E-state index contributed by atoms with van der Waals surface area (Å²) in [6.07, 6.45) is 5.00. The standard InChI is InChI=1S/C6H13S2/c1-3-8-6-4-5-7-2/h2-6H2,1H3. The van der Waals surface area contributed by atoms with Crippen LogP contribution in [0.5, 0.6) is 0 Å². The molecule has 0 rings (SSSR count). The van der Waals surface area contributed by atoms with E-state index in [9.17, 15) is 0 Å². The Morgan fingerprint density at radius 1 is 1.38 bits per heavy atom. The Kier molecular flexibility index (Phi) is 8.37. The van der Waals surface area contributed by atoms with Crippen molar-refractivity contribution in [2.24, 2.45) is 0 Å². The summed E-state index contributed by atoms with van der Waals surface area (Å²) in [5.41, 5.74) is 0. The zero-order valence-corrected chi connectivity index (χ0v) is 6.99. The molecule has 0 saturated carbocycles. The maximum atomic E-state index is 3.69. The number of rotatable bonds is 5. The first kappa shape index (κ1) is 8.70. The second-order valence-corrected chi connectivity index (χ2v) is 3.67. The summed E-state index contributed by atoms with van der Waals surface area (Å²) in [5, 5.41) is 0. The first-order valence-corrected chi connectivity index (χ1v) is 5.17. The second kappa shape index (κ2) is 7.70. The van der Waals surface area contributed by atoms with Gasteiger partial charge in [0, 0.05) is 6.26 Å². The van der Waals surface area contributed by atoms with Crippen LogP contribution in [-0.4, -0.2) is 17.3 Å². The topological polar surface area (TPSA) is 0 Å². The SMILES string of the molecule is [CH2]SCCCSCC. The van der Waals surface area contributed by atoms with Gasteiger partial charge in [-0.1, -0.05) is 6.92 Å². The van der Waals surface area contributed by atoms with E-state index in [2.05, 4.69) is 13.2 Å². The molecular formula is C6H13S2. The minimum absolute atomic E-state index is 1.22. The molecule has 0 atom stereocenters. The van der Waals surface area contributed by atoms with E-state index in [1.165, 1.54) is 23.7 Å². The maximum absolute atomic E-state index is 3.69. The molecule has 0 spiro atoms. The Morgan fingerprint density at radius 2 is 2.12 bits per heavy atom. The average molecular weight is 149 g/mol. The van der Waals surface area contributed by atoms with Crippen LogP contribution in [0, 0.1) is 6.26 Å². The second-order valence-electron chi connectivity index (χ2n) is 1.46. The van der Waals surface area contributed by atoms with Gasteiger partial charge in [0.1, 0.15) is 0 Å². The lowest BCUT2D eigenvalue weighted by Crippen LogP contribution is -1.81. The number of hydrogen-bond donors (Lipinski definition) is 0. The minimum atomic E-state index is 1.22. The molecule has 8 heavy (non-hydrogen) atoms. The third-order valence-corrected chi connectivity index (χ3v) is 2.34. The van der Waals surface area contributed by atoms with Crippen molar-refractivity contribution >= 4 is 23.5 Å². The van der Waals surface area contributed by atoms with Crippen LogP contribution in [0.4, 0.5) is 0 Å². The fourth-order valence-corrected chi connectivity index (χ4v) is 1.58. The van der Waals surface area contributed by atoms with Crippen molar-refractivity contribution in [1.82, 2.24) is 0 Å². The highest BCUT2D eigenvalue weighted by Crippen LogP contribution is 2.04. The van der Waals surface area contributed by atoms with Crippen LogP contribution in [0.2, 0.25) is 0 Å². The van der Waals surface area contributed by atoms with Crippen molar-refractivity contribution in [3.63, 3.8) is 0 Å². The van der Waals surface area contributed by atoms with Crippen molar-refractivity contribution in [1.29, 1.82) is 0 Å². The van der Waals surface area contributed by atoms with Crippen LogP contribution < -0.4 is 0 Å². The first-order chi connectivity index (χ1) is 3.91. The van der Waals surface area contributed by atoms with E-state index >= 15 is 0 Å². The van der Waals surface area contributed by atoms with Gasteiger partial charge < -0.3 is 0 Å². The Morgan fingerprint density at radius 3 is 2.62 bits per heavy atom. The third-order valence-electron chi connectivity index (χ3n) is 0.781. The lowest BCUT2D eigenvalue weighted by Gasteiger charge is -1.93. The highest BCUT2D eigenvalue weighted by atomic mass is 32.2. The monoisotopic (exact) mass is 149 g/mol. The fraction of sp³-hybridized carbons (Fsp3) is 0.833. The van der Waals surface area contributed by atoms with Crippen LogP contribution >= 0.6 is 23.5 Å². The van der Waals surface area contributed by atoms with E-state index in [0.717, 1.165) is 0 Å². The molecule has 0 heterocycles. The smallest absolute Gasteiger partial charge is 0.00235 e. The largest absolute Gasteiger partial charge is 0.162 e. The number of thioether (sulfide) groups is 2. The maximum Gasteiger partial charge on any atom is 0.00235 e. The molecule has 0 aliphatic rings. The molecule has 0 aromatic carbocycles. The minimum Gasteiger partial charge on any atom is -0.162 e. The van der Waals surface area contributed by atoms with E-state index in [0.29, 0.717) is 0 Å². The van der Waals surface area contributed by atoms with E-state index in [1.807, 2.05) is 11.8 Å². The van der Waals surface area contributed by atoms with Crippen molar-refractivity contribution in [2.45, 2.75) is 13.3 Å². The summed E-state index contributed by atoms with van der Waals surface area (Å²) in [4.78, 5) is 0. The summed E-state index contributed by atoms with van der Waals surface area (Å²) in [6.45, 7) is 2.20. The Hall–Kier alpha value is 0.700. The Labute approximate surface area is 60.8 Å². The molecule has 1 radical (unpaired) electrons. The zero-order chi connectivity index (χ0) is 6.24. The first-order valence-electron chi connectivity index (χ1n) is 2.86. The van der Waals surface area contributed by atoms with Crippen LogP contribution in [0.15, 0.2) is 0 Å². The van der Waals surface area contributed by atoms with Gasteiger partial charge in [-0.25, -0.2) is 0 Å². The van der Waals surface area contributed by atoms with Crippen molar-refractivity contribution < 1.29 is 0 Å². The van der Waals surface area contributed by atoms with E-state index in [4.69, 9.17) is 0 Å². The quantitative estimate of drug-likeness (QED) is 0.551. The molecule has 0 unspecified atom stereocenters. The molecule has 2 heteroatoms. The lowest BCUT2D eigenvalue weighted by molar-refractivity contribution is 1.13. The summed E-state index contributed by atoms with van der Waals surface area (Å²) in [7, 11) is 0. The molecule has 0 amide bonds. The highest BCUT2D eigenvalue weighted by molar-refractivity contribution is 8.00. The molecule has 0 saturated heterocycles. The Bertz CT molecular complexity index is 31.5. The molecule has 0 N–H and O–H groups in total. The summed E-state index contributed by atoms with van der Waals surface area (Å²) >= 11 is 3.70. The van der Waals surface area contributed by atoms with Gasteiger partial charge in [0.05, 0.1) is 0 Å². The molecule has 0 bridgehead atoms. The van der Waals surface area contributed by atoms with Gasteiger partial charge in [0.15, 0.2) is 0 Å². The van der Waals surface area contributed by atoms with Gasteiger partial charge in [-0.2, -0.15) is 23.5 Å². The fourth-order valence-electron chi connectivity index (χ4n) is 0.407. The summed E-state index contributed by atoms with van der Waals surface area (Å²) in [5.74, 6) is 3.77. The summed E-state index contributed by atoms with van der Waals surface area (Å²) < 4.78 is 0. The van der Waals surface area contributed by atoms with Gasteiger partial charge >= 0.3 is 0 Å². The normalized spacial score (nSPS) is 9.75. The predicted molar refractivity (Wildman–Crippen MR) is 45.4 cm³/mol. The molecule has 0 aliphatic carbocycles. The molecule has 0 aromatic heterocycles. The molecular weight excluding hydrogens is 136 g/mol. The Balaban J connectivity index is 2.53. The molecule has 0 nitrogen and oxygen atoms in total. The van der Waals surface area contributed by atoms with Gasteiger partial charge in [-0.3, -0.25) is 0 Å². The van der Waals surface area contributed by atoms with Gasteiger partial charge in [-0.05, 0) is 23.7 Å². The van der Waals surface area contributed by atoms with Crippen LogP contribution in [0.1, 0.15) is 13.3 Å². The van der Waals surface area contributed by atoms with E-state index in [1.54, 1.807) is 11.8 Å². The van der Waals surface area contributed by atoms with Gasteiger partial charge in [0.25, 0.3) is 0 Å². The molecule has 0 aromatic rings. The van der Waals surface area contributed by atoms with Crippen molar-refractivity contribution in [3.05, 3.63) is 6.26 Å². The molecule has 0 aliphatic heterocycles. The van der Waals surface area contributed by atoms with Gasteiger partial charge in [-0.15, -0.1) is 0 Å². The van der Waals surface area contributed by atoms with E-state index < -0.39 is 0 Å². The van der Waals surface area contributed by atoms with Crippen LogP contribution in [0.25, 0.3) is 0 Å². The lowest BCUT2D eigenvalue weighted by atomic mass is 10.6. The van der Waals surface area contributed by atoms with Crippen LogP contribution in [0.3, 0.4) is 0 Å². The van der Waals surface area contributed by atoms with Crippen molar-refractivity contribution in [3.8, 4) is 0 Å². The predicted octanol–water partition coefficient (Wildman–Crippen LogP) is 2.65. The highest BCUT2D eigenvalue weighted by Gasteiger charge is 1.83. The summed E-state index contributed by atoms with van der Waals surface area (Å²) in [6, 6.07) is 0. The van der Waals surface area contributed by atoms with Crippen LogP contribution in [-0.2, 0) is 0 Å². The van der Waals surface area contributed by atoms with E-state index in [-0.39, 0.29) is 0 Å². The molecule has 0 fully saturated rings. The number of hydrogen-bond acceptors (Lipinski definition) is 2.